The van der Waals surface area contributed by atoms with Crippen molar-refractivity contribution in [3.05, 3.63) is 29.6 Å². The van der Waals surface area contributed by atoms with Gasteiger partial charge in [0, 0.05) is 26.3 Å². The smallest absolute Gasteiger partial charge is 0.203 e. The van der Waals surface area contributed by atoms with Crippen LogP contribution in [0.15, 0.2) is 18.3 Å². The van der Waals surface area contributed by atoms with Gasteiger partial charge in [-0.15, -0.1) is 5.10 Å². The zero-order valence-electron chi connectivity index (χ0n) is 12.7. The van der Waals surface area contributed by atoms with Crippen molar-refractivity contribution in [2.75, 3.05) is 21.3 Å². The highest BCUT2D eigenvalue weighted by Gasteiger charge is 2.12. The Bertz CT molecular complexity index is 573. The van der Waals surface area contributed by atoms with E-state index < -0.39 is 0 Å². The molecule has 1 aromatic heterocycles. The summed E-state index contributed by atoms with van der Waals surface area (Å²) in [5.41, 5.74) is 1.93. The number of methoxy groups -OCH3 is 3. The largest absolute Gasteiger partial charge is 0.493 e. The molecule has 0 saturated carbocycles. The van der Waals surface area contributed by atoms with Crippen LogP contribution in [0.5, 0.6) is 17.2 Å². The molecule has 0 fully saturated rings. The monoisotopic (exact) mass is 292 g/mol. The Morgan fingerprint density at radius 3 is 2.19 bits per heavy atom. The van der Waals surface area contributed by atoms with Gasteiger partial charge >= 0.3 is 0 Å². The van der Waals surface area contributed by atoms with Crippen LogP contribution in [0.1, 0.15) is 11.3 Å². The van der Waals surface area contributed by atoms with E-state index in [1.807, 2.05) is 25.4 Å². The number of aryl methyl sites for hydroxylation is 1. The molecular formula is C14H20N4O3. The first-order valence-corrected chi connectivity index (χ1v) is 6.52. The number of nitrogens with zero attached hydrogens (tertiary/aromatic N) is 3. The maximum absolute atomic E-state index is 5.33. The van der Waals surface area contributed by atoms with E-state index in [1.165, 1.54) is 0 Å². The van der Waals surface area contributed by atoms with Gasteiger partial charge in [0.15, 0.2) is 11.5 Å². The third-order valence-corrected chi connectivity index (χ3v) is 3.01. The van der Waals surface area contributed by atoms with Gasteiger partial charge in [0.05, 0.1) is 27.0 Å². The average Bonchev–Trinajstić information content (AvgIpc) is 2.91. The summed E-state index contributed by atoms with van der Waals surface area (Å²) in [7, 11) is 6.64. The highest BCUT2D eigenvalue weighted by atomic mass is 16.5. The number of hydrogen-bond donors (Lipinski definition) is 1. The lowest BCUT2D eigenvalue weighted by atomic mass is 10.1. The van der Waals surface area contributed by atoms with E-state index >= 15 is 0 Å². The molecule has 0 aliphatic carbocycles. The lowest BCUT2D eigenvalue weighted by molar-refractivity contribution is 0.323. The van der Waals surface area contributed by atoms with E-state index in [-0.39, 0.29) is 0 Å². The summed E-state index contributed by atoms with van der Waals surface area (Å²) in [4.78, 5) is 0. The quantitative estimate of drug-likeness (QED) is 0.825. The molecule has 2 rings (SSSR count). The van der Waals surface area contributed by atoms with Crippen LogP contribution in [0, 0.1) is 0 Å². The fourth-order valence-electron chi connectivity index (χ4n) is 2.05. The van der Waals surface area contributed by atoms with Gasteiger partial charge in [-0.2, -0.15) is 0 Å². The Hall–Kier alpha value is -2.28. The zero-order valence-corrected chi connectivity index (χ0v) is 12.7. The van der Waals surface area contributed by atoms with Gasteiger partial charge in [0.25, 0.3) is 0 Å². The molecule has 7 nitrogen and oxygen atoms in total. The molecule has 1 aromatic carbocycles. The fourth-order valence-corrected chi connectivity index (χ4v) is 2.05. The second-order valence-corrected chi connectivity index (χ2v) is 4.52. The third kappa shape index (κ3) is 3.63. The second kappa shape index (κ2) is 6.94. The number of hydrogen-bond acceptors (Lipinski definition) is 6. The Morgan fingerprint density at radius 1 is 1.05 bits per heavy atom. The SMILES string of the molecule is COc1cc(CNCc2cn(C)nn2)cc(OC)c1OC. The summed E-state index contributed by atoms with van der Waals surface area (Å²) >= 11 is 0. The maximum atomic E-state index is 5.33. The summed E-state index contributed by atoms with van der Waals surface area (Å²) in [6.07, 6.45) is 1.88. The van der Waals surface area contributed by atoms with Crippen molar-refractivity contribution in [1.82, 2.24) is 20.3 Å². The van der Waals surface area contributed by atoms with E-state index in [0.717, 1.165) is 11.3 Å². The molecule has 0 spiro atoms. The third-order valence-electron chi connectivity index (χ3n) is 3.01. The summed E-state index contributed by atoms with van der Waals surface area (Å²) in [5.74, 6) is 1.89. The normalized spacial score (nSPS) is 10.5. The second-order valence-electron chi connectivity index (χ2n) is 4.52. The first kappa shape index (κ1) is 15.1. The van der Waals surface area contributed by atoms with Crippen molar-refractivity contribution in [1.29, 1.82) is 0 Å². The van der Waals surface area contributed by atoms with Crippen LogP contribution in [0.4, 0.5) is 0 Å². The summed E-state index contributed by atoms with van der Waals surface area (Å²) in [5, 5.41) is 11.2. The lowest BCUT2D eigenvalue weighted by Crippen LogP contribution is -2.13. The van der Waals surface area contributed by atoms with Crippen LogP contribution in [-0.4, -0.2) is 36.3 Å². The molecule has 21 heavy (non-hydrogen) atoms. The molecule has 0 amide bonds. The van der Waals surface area contributed by atoms with Gasteiger partial charge in [-0.05, 0) is 17.7 Å². The molecule has 114 valence electrons. The molecule has 0 radical (unpaired) electrons. The average molecular weight is 292 g/mol. The van der Waals surface area contributed by atoms with Crippen LogP contribution in [0.25, 0.3) is 0 Å². The van der Waals surface area contributed by atoms with Gasteiger partial charge in [-0.3, -0.25) is 4.68 Å². The topological polar surface area (TPSA) is 70.4 Å². The number of ether oxygens (including phenoxy) is 3. The molecule has 0 bridgehead atoms. The minimum Gasteiger partial charge on any atom is -0.493 e. The van der Waals surface area contributed by atoms with Crippen LogP contribution in [0.2, 0.25) is 0 Å². The maximum Gasteiger partial charge on any atom is 0.203 e. The van der Waals surface area contributed by atoms with Crippen molar-refractivity contribution in [2.45, 2.75) is 13.1 Å². The number of aromatic nitrogens is 3. The van der Waals surface area contributed by atoms with Crippen molar-refractivity contribution < 1.29 is 14.2 Å². The van der Waals surface area contributed by atoms with Gasteiger partial charge in [0.1, 0.15) is 0 Å². The summed E-state index contributed by atoms with van der Waals surface area (Å²) < 4.78 is 17.6. The van der Waals surface area contributed by atoms with Crippen LogP contribution in [-0.2, 0) is 20.1 Å². The molecule has 0 aliphatic heterocycles. The Kier molecular flexibility index (Phi) is 4.99. The first-order chi connectivity index (χ1) is 10.2. The van der Waals surface area contributed by atoms with E-state index in [1.54, 1.807) is 26.0 Å². The van der Waals surface area contributed by atoms with Gasteiger partial charge in [0.2, 0.25) is 5.75 Å². The van der Waals surface area contributed by atoms with Gasteiger partial charge in [-0.1, -0.05) is 5.21 Å². The molecule has 1 N–H and O–H groups in total. The highest BCUT2D eigenvalue weighted by molar-refractivity contribution is 5.53. The van der Waals surface area contributed by atoms with Gasteiger partial charge < -0.3 is 19.5 Å². The highest BCUT2D eigenvalue weighted by Crippen LogP contribution is 2.38. The van der Waals surface area contributed by atoms with Crippen molar-refractivity contribution in [3.63, 3.8) is 0 Å². The Balaban J connectivity index is 2.05. The van der Waals surface area contributed by atoms with E-state index in [4.69, 9.17) is 14.2 Å². The van der Waals surface area contributed by atoms with Crippen LogP contribution in [0.3, 0.4) is 0 Å². The molecular weight excluding hydrogens is 272 g/mol. The van der Waals surface area contributed by atoms with Crippen LogP contribution < -0.4 is 19.5 Å². The Morgan fingerprint density at radius 2 is 1.71 bits per heavy atom. The van der Waals surface area contributed by atoms with Gasteiger partial charge in [-0.25, -0.2) is 0 Å². The van der Waals surface area contributed by atoms with Crippen molar-refractivity contribution in [2.24, 2.45) is 7.05 Å². The predicted molar refractivity (Wildman–Crippen MR) is 77.6 cm³/mol. The molecule has 7 heteroatoms. The van der Waals surface area contributed by atoms with E-state index in [0.29, 0.717) is 30.3 Å². The number of benzene rings is 1. The van der Waals surface area contributed by atoms with E-state index in [2.05, 4.69) is 15.6 Å². The number of nitrogens with one attached hydrogen (secondary N) is 1. The molecule has 0 unspecified atom stereocenters. The molecule has 0 aliphatic rings. The van der Waals surface area contributed by atoms with Crippen LogP contribution >= 0.6 is 0 Å². The zero-order chi connectivity index (χ0) is 15.2. The van der Waals surface area contributed by atoms with Crippen molar-refractivity contribution in [3.8, 4) is 17.2 Å². The Labute approximate surface area is 123 Å². The summed E-state index contributed by atoms with van der Waals surface area (Å²) in [6, 6.07) is 3.84. The van der Waals surface area contributed by atoms with Crippen molar-refractivity contribution >= 4 is 0 Å². The predicted octanol–water partition coefficient (Wildman–Crippen LogP) is 1.13. The minimum absolute atomic E-state index is 0.595. The molecule has 0 atom stereocenters. The molecule has 1 heterocycles. The molecule has 2 aromatic rings. The standard InChI is InChI=1S/C14H20N4O3/c1-18-9-11(16-17-18)8-15-7-10-5-12(19-2)14(21-4)13(6-10)20-3/h5-6,9,15H,7-8H2,1-4H3. The first-order valence-electron chi connectivity index (χ1n) is 6.52. The minimum atomic E-state index is 0.595. The fraction of sp³-hybridized carbons (Fsp3) is 0.429. The number of rotatable bonds is 7. The molecule has 0 saturated heterocycles. The lowest BCUT2D eigenvalue weighted by Gasteiger charge is -2.14. The summed E-state index contributed by atoms with van der Waals surface area (Å²) in [6.45, 7) is 1.30. The van der Waals surface area contributed by atoms with E-state index in [9.17, 15) is 0 Å².